The first-order valence-electron chi connectivity index (χ1n) is 8.49. The number of rotatable bonds is 5. The van der Waals surface area contributed by atoms with E-state index < -0.39 is 5.97 Å². The van der Waals surface area contributed by atoms with E-state index in [1.807, 2.05) is 24.3 Å². The summed E-state index contributed by atoms with van der Waals surface area (Å²) in [5.74, 6) is 0.509. The highest BCUT2D eigenvalue weighted by Crippen LogP contribution is 2.20. The fraction of sp³-hybridized carbons (Fsp3) is 0.143. The van der Waals surface area contributed by atoms with Crippen LogP contribution < -0.4 is 10.1 Å². The van der Waals surface area contributed by atoms with Crippen molar-refractivity contribution >= 4 is 17.6 Å². The van der Waals surface area contributed by atoms with Gasteiger partial charge in [-0.2, -0.15) is 0 Å². The Bertz CT molecular complexity index is 999. The zero-order chi connectivity index (χ0) is 20.1. The number of benzene rings is 2. The average Bonchev–Trinajstić information content (AvgIpc) is 2.73. The fourth-order valence-corrected chi connectivity index (χ4v) is 2.58. The highest BCUT2D eigenvalue weighted by molar-refractivity contribution is 6.05. The maximum Gasteiger partial charge on any atom is 0.337 e. The van der Waals surface area contributed by atoms with E-state index in [0.29, 0.717) is 28.3 Å². The van der Waals surface area contributed by atoms with Crippen molar-refractivity contribution in [2.45, 2.75) is 6.92 Å². The number of aryl methyl sites for hydroxylation is 1. The summed E-state index contributed by atoms with van der Waals surface area (Å²) in [6, 6.07) is 13.8. The molecule has 0 saturated carbocycles. The summed E-state index contributed by atoms with van der Waals surface area (Å²) in [6.45, 7) is 1.75. The Morgan fingerprint density at radius 3 is 2.21 bits per heavy atom. The van der Waals surface area contributed by atoms with Gasteiger partial charge in [-0.25, -0.2) is 14.8 Å². The minimum atomic E-state index is -0.434. The highest BCUT2D eigenvalue weighted by Gasteiger charge is 2.13. The Kier molecular flexibility index (Phi) is 5.64. The predicted molar refractivity (Wildman–Crippen MR) is 104 cm³/mol. The number of hydrogen-bond donors (Lipinski definition) is 1. The molecule has 2 aromatic carbocycles. The summed E-state index contributed by atoms with van der Waals surface area (Å²) < 4.78 is 9.80. The quantitative estimate of drug-likeness (QED) is 0.685. The van der Waals surface area contributed by atoms with Crippen LogP contribution in [0.2, 0.25) is 0 Å². The Morgan fingerprint density at radius 2 is 1.64 bits per heavy atom. The van der Waals surface area contributed by atoms with Crippen LogP contribution in [0.5, 0.6) is 5.75 Å². The minimum Gasteiger partial charge on any atom is -0.497 e. The van der Waals surface area contributed by atoms with Crippen LogP contribution in [0.1, 0.15) is 26.4 Å². The van der Waals surface area contributed by atoms with Crippen LogP contribution in [0, 0.1) is 6.92 Å². The van der Waals surface area contributed by atoms with Gasteiger partial charge in [0.25, 0.3) is 5.91 Å². The number of methoxy groups -OCH3 is 2. The number of amides is 1. The highest BCUT2D eigenvalue weighted by atomic mass is 16.5. The third-order valence-corrected chi connectivity index (χ3v) is 4.14. The Morgan fingerprint density at radius 1 is 0.964 bits per heavy atom. The number of anilines is 1. The molecule has 7 heteroatoms. The zero-order valence-corrected chi connectivity index (χ0v) is 15.7. The lowest BCUT2D eigenvalue weighted by atomic mass is 10.1. The molecule has 0 radical (unpaired) electrons. The lowest BCUT2D eigenvalue weighted by Crippen LogP contribution is -2.15. The maximum absolute atomic E-state index is 12.5. The normalized spacial score (nSPS) is 10.2. The summed E-state index contributed by atoms with van der Waals surface area (Å²) in [6.07, 6.45) is 1.50. The number of hydrogen-bond acceptors (Lipinski definition) is 6. The zero-order valence-electron chi connectivity index (χ0n) is 15.7. The van der Waals surface area contributed by atoms with Gasteiger partial charge < -0.3 is 14.8 Å². The minimum absolute atomic E-state index is 0.329. The van der Waals surface area contributed by atoms with Gasteiger partial charge in [-0.3, -0.25) is 4.79 Å². The van der Waals surface area contributed by atoms with Gasteiger partial charge in [0.1, 0.15) is 5.75 Å². The first kappa shape index (κ1) is 19.0. The Labute approximate surface area is 162 Å². The molecule has 7 nitrogen and oxygen atoms in total. The van der Waals surface area contributed by atoms with Crippen molar-refractivity contribution in [3.63, 3.8) is 0 Å². The van der Waals surface area contributed by atoms with Crippen LogP contribution in [0.4, 0.5) is 5.69 Å². The van der Waals surface area contributed by atoms with Gasteiger partial charge in [-0.15, -0.1) is 0 Å². The van der Waals surface area contributed by atoms with Crippen LogP contribution >= 0.6 is 0 Å². The van der Waals surface area contributed by atoms with Crippen LogP contribution in [0.25, 0.3) is 11.4 Å². The second-order valence-corrected chi connectivity index (χ2v) is 5.94. The van der Waals surface area contributed by atoms with Crippen molar-refractivity contribution in [2.24, 2.45) is 0 Å². The van der Waals surface area contributed by atoms with Gasteiger partial charge in [0.05, 0.1) is 31.0 Å². The third-order valence-electron chi connectivity index (χ3n) is 4.14. The summed E-state index contributed by atoms with van der Waals surface area (Å²) in [5, 5.41) is 2.77. The number of esters is 1. The van der Waals surface area contributed by atoms with E-state index in [1.165, 1.54) is 13.3 Å². The molecule has 3 aromatic rings. The van der Waals surface area contributed by atoms with Gasteiger partial charge in [-0.1, -0.05) is 0 Å². The molecule has 1 aromatic heterocycles. The molecule has 28 heavy (non-hydrogen) atoms. The van der Waals surface area contributed by atoms with Crippen molar-refractivity contribution in [1.29, 1.82) is 0 Å². The molecule has 0 aliphatic heterocycles. The molecule has 0 unspecified atom stereocenters. The van der Waals surface area contributed by atoms with Crippen LogP contribution in [0.15, 0.2) is 54.7 Å². The first-order chi connectivity index (χ1) is 13.5. The number of nitrogens with one attached hydrogen (secondary N) is 1. The number of nitrogens with zero attached hydrogens (tertiary/aromatic N) is 2. The van der Waals surface area contributed by atoms with Crippen molar-refractivity contribution in [2.75, 3.05) is 19.5 Å². The lowest BCUT2D eigenvalue weighted by Gasteiger charge is -2.09. The van der Waals surface area contributed by atoms with Crippen molar-refractivity contribution < 1.29 is 19.1 Å². The van der Waals surface area contributed by atoms with Gasteiger partial charge in [-0.05, 0) is 55.5 Å². The van der Waals surface area contributed by atoms with E-state index in [1.54, 1.807) is 38.3 Å². The second kappa shape index (κ2) is 8.30. The topological polar surface area (TPSA) is 90.4 Å². The molecule has 0 spiro atoms. The molecule has 3 rings (SSSR count). The van der Waals surface area contributed by atoms with Gasteiger partial charge >= 0.3 is 5.97 Å². The third kappa shape index (κ3) is 4.15. The molecule has 0 fully saturated rings. The molecule has 0 aliphatic carbocycles. The molecule has 0 saturated heterocycles. The van der Waals surface area contributed by atoms with Crippen molar-refractivity contribution in [3.05, 3.63) is 71.5 Å². The van der Waals surface area contributed by atoms with Crippen LogP contribution in [-0.4, -0.2) is 36.1 Å². The summed E-state index contributed by atoms with van der Waals surface area (Å²) in [4.78, 5) is 32.7. The number of ether oxygens (including phenoxy) is 2. The molecule has 0 atom stereocenters. The van der Waals surface area contributed by atoms with Crippen molar-refractivity contribution in [3.8, 4) is 17.1 Å². The second-order valence-electron chi connectivity index (χ2n) is 5.94. The fourth-order valence-electron chi connectivity index (χ4n) is 2.58. The number of aromatic nitrogens is 2. The molecule has 0 aliphatic rings. The van der Waals surface area contributed by atoms with Gasteiger partial charge in [0, 0.05) is 17.4 Å². The molecular formula is C21H19N3O4. The van der Waals surface area contributed by atoms with Crippen LogP contribution in [0.3, 0.4) is 0 Å². The lowest BCUT2D eigenvalue weighted by molar-refractivity contribution is 0.0600. The molecule has 1 amide bonds. The first-order valence-corrected chi connectivity index (χ1v) is 8.49. The smallest absolute Gasteiger partial charge is 0.337 e. The van der Waals surface area contributed by atoms with Crippen molar-refractivity contribution in [1.82, 2.24) is 9.97 Å². The number of carbonyl (C=O) groups excluding carboxylic acids is 2. The van der Waals surface area contributed by atoms with Gasteiger partial charge in [0.2, 0.25) is 0 Å². The monoisotopic (exact) mass is 377 g/mol. The van der Waals surface area contributed by atoms with E-state index in [-0.39, 0.29) is 5.91 Å². The van der Waals surface area contributed by atoms with E-state index in [0.717, 1.165) is 11.3 Å². The van der Waals surface area contributed by atoms with E-state index >= 15 is 0 Å². The molecule has 1 N–H and O–H groups in total. The van der Waals surface area contributed by atoms with E-state index in [4.69, 9.17) is 4.74 Å². The molecule has 1 heterocycles. The SMILES string of the molecule is COC(=O)c1ccc(NC(=O)c2cnc(-c3ccc(OC)cc3)nc2C)cc1. The maximum atomic E-state index is 12.5. The molecule has 142 valence electrons. The summed E-state index contributed by atoms with van der Waals surface area (Å²) >= 11 is 0. The summed E-state index contributed by atoms with van der Waals surface area (Å²) in [7, 11) is 2.92. The standard InChI is InChI=1S/C21H19N3O4/c1-13-18(12-22-19(23-13)14-6-10-17(27-2)11-7-14)20(25)24-16-8-4-15(5-9-16)21(26)28-3/h4-12H,1-3H3,(H,24,25). The average molecular weight is 377 g/mol. The van der Waals surface area contributed by atoms with Gasteiger partial charge in [0.15, 0.2) is 5.82 Å². The van der Waals surface area contributed by atoms with E-state index in [2.05, 4.69) is 20.0 Å². The number of carbonyl (C=O) groups is 2. The summed E-state index contributed by atoms with van der Waals surface area (Å²) in [5.41, 5.74) is 2.72. The Hall–Kier alpha value is -3.74. The largest absolute Gasteiger partial charge is 0.497 e. The molecule has 0 bridgehead atoms. The molecular weight excluding hydrogens is 358 g/mol. The van der Waals surface area contributed by atoms with E-state index in [9.17, 15) is 9.59 Å². The van der Waals surface area contributed by atoms with Crippen LogP contribution in [-0.2, 0) is 4.74 Å². The predicted octanol–water partition coefficient (Wildman–Crippen LogP) is 3.50. The Balaban J connectivity index is 1.75.